The molecule has 6 nitrogen and oxygen atoms in total. The number of carboxylic acid groups (broad SMARTS) is 1. The van der Waals surface area contributed by atoms with Crippen LogP contribution in [0.25, 0.3) is 0 Å². The lowest BCUT2D eigenvalue weighted by atomic mass is 10.2. The first-order valence-corrected chi connectivity index (χ1v) is 7.10. The number of anilines is 1. The number of aryl methyl sites for hydroxylation is 1. The van der Waals surface area contributed by atoms with Crippen LogP contribution in [0.4, 0.5) is 5.69 Å². The average molecular weight is 280 g/mol. The summed E-state index contributed by atoms with van der Waals surface area (Å²) in [4.78, 5) is 15.8. The summed E-state index contributed by atoms with van der Waals surface area (Å²) < 4.78 is 1.72. The molecule has 0 radical (unpaired) electrons. The molecule has 0 saturated carbocycles. The number of aliphatic carboxylic acids is 1. The van der Waals surface area contributed by atoms with Gasteiger partial charge in [0.05, 0.1) is 11.9 Å². The number of carboxylic acids is 1. The number of hydrogen-bond donors (Lipinski definition) is 1. The van der Waals surface area contributed by atoms with Crippen molar-refractivity contribution in [2.75, 3.05) is 18.5 Å². The van der Waals surface area contributed by atoms with Crippen LogP contribution in [0, 0.1) is 0 Å². The molecule has 1 aromatic rings. The van der Waals surface area contributed by atoms with E-state index in [2.05, 4.69) is 30.9 Å². The minimum Gasteiger partial charge on any atom is -0.480 e. The molecule has 2 atom stereocenters. The number of hydrogen-bond acceptors (Lipinski definition) is 4. The first-order valence-electron chi connectivity index (χ1n) is 7.10. The summed E-state index contributed by atoms with van der Waals surface area (Å²) in [6.07, 6.45) is 5.25. The first kappa shape index (κ1) is 14.8. The Morgan fingerprint density at radius 2 is 2.25 bits per heavy atom. The van der Waals surface area contributed by atoms with E-state index in [0.29, 0.717) is 12.5 Å². The van der Waals surface area contributed by atoms with Crippen LogP contribution < -0.4 is 4.90 Å². The van der Waals surface area contributed by atoms with E-state index in [0.717, 1.165) is 18.7 Å². The monoisotopic (exact) mass is 280 g/mol. The zero-order valence-electron chi connectivity index (χ0n) is 12.7. The third-order valence-corrected chi connectivity index (χ3v) is 4.16. The van der Waals surface area contributed by atoms with E-state index >= 15 is 0 Å². The topological polar surface area (TPSA) is 61.6 Å². The van der Waals surface area contributed by atoms with Crippen molar-refractivity contribution in [2.45, 2.75) is 44.8 Å². The molecule has 1 N–H and O–H groups in total. The molecule has 0 unspecified atom stereocenters. The molecule has 1 aromatic heterocycles. The van der Waals surface area contributed by atoms with Gasteiger partial charge in [-0.05, 0) is 33.7 Å². The fraction of sp³-hybridized carbons (Fsp3) is 0.714. The highest BCUT2D eigenvalue weighted by Crippen LogP contribution is 2.31. The Morgan fingerprint density at radius 3 is 2.75 bits per heavy atom. The summed E-state index contributed by atoms with van der Waals surface area (Å²) in [6, 6.07) is 0.243. The maximum Gasteiger partial charge on any atom is 0.326 e. The van der Waals surface area contributed by atoms with Crippen LogP contribution in [0.3, 0.4) is 0 Å². The van der Waals surface area contributed by atoms with Gasteiger partial charge >= 0.3 is 5.97 Å². The van der Waals surface area contributed by atoms with Crippen LogP contribution in [-0.2, 0) is 11.8 Å². The van der Waals surface area contributed by atoms with Crippen molar-refractivity contribution in [2.24, 2.45) is 7.05 Å². The lowest BCUT2D eigenvalue weighted by Crippen LogP contribution is -2.46. The summed E-state index contributed by atoms with van der Waals surface area (Å²) in [5, 5.41) is 13.6. The van der Waals surface area contributed by atoms with Crippen molar-refractivity contribution >= 4 is 11.7 Å². The molecule has 2 heterocycles. The molecule has 1 saturated heterocycles. The van der Waals surface area contributed by atoms with Gasteiger partial charge in [0, 0.05) is 31.9 Å². The predicted molar refractivity (Wildman–Crippen MR) is 77.9 cm³/mol. The number of rotatable bonds is 5. The second-order valence-electron chi connectivity index (χ2n) is 5.90. The Bertz CT molecular complexity index is 471. The highest BCUT2D eigenvalue weighted by molar-refractivity contribution is 5.79. The van der Waals surface area contributed by atoms with Crippen molar-refractivity contribution in [1.82, 2.24) is 14.7 Å². The number of nitrogens with zero attached hydrogens (tertiary/aromatic N) is 4. The van der Waals surface area contributed by atoms with Gasteiger partial charge in [-0.3, -0.25) is 4.68 Å². The smallest absolute Gasteiger partial charge is 0.326 e. The lowest BCUT2D eigenvalue weighted by molar-refractivity contribution is -0.138. The van der Waals surface area contributed by atoms with Crippen molar-refractivity contribution in [1.29, 1.82) is 0 Å². The average Bonchev–Trinajstić information content (AvgIpc) is 2.95. The van der Waals surface area contributed by atoms with Crippen LogP contribution in [0.2, 0.25) is 0 Å². The third kappa shape index (κ3) is 2.95. The summed E-state index contributed by atoms with van der Waals surface area (Å²) in [6.45, 7) is 5.17. The molecule has 6 heteroatoms. The molecule has 0 bridgehead atoms. The zero-order chi connectivity index (χ0) is 14.9. The van der Waals surface area contributed by atoms with Gasteiger partial charge in [0.25, 0.3) is 0 Å². The Labute approximate surface area is 120 Å². The molecule has 0 aromatic carbocycles. The first-order chi connectivity index (χ1) is 9.40. The second-order valence-corrected chi connectivity index (χ2v) is 5.90. The van der Waals surface area contributed by atoms with E-state index in [1.54, 1.807) is 10.9 Å². The van der Waals surface area contributed by atoms with Gasteiger partial charge in [-0.1, -0.05) is 0 Å². The van der Waals surface area contributed by atoms with E-state index in [1.807, 2.05) is 18.1 Å². The molecule has 1 aliphatic rings. The Balaban J connectivity index is 2.21. The SMILES string of the molecule is CC(C)N(C)C[C@@H]1CC[C@H](C(=O)O)N1c1cnn(C)c1. The van der Waals surface area contributed by atoms with Crippen LogP contribution in [0.15, 0.2) is 12.4 Å². The van der Waals surface area contributed by atoms with Crippen molar-refractivity contribution < 1.29 is 9.90 Å². The van der Waals surface area contributed by atoms with E-state index in [-0.39, 0.29) is 6.04 Å². The zero-order valence-corrected chi connectivity index (χ0v) is 12.7. The maximum absolute atomic E-state index is 11.5. The van der Waals surface area contributed by atoms with Crippen LogP contribution in [-0.4, -0.2) is 57.5 Å². The molecule has 0 aliphatic carbocycles. The normalized spacial score (nSPS) is 23.0. The molecule has 0 amide bonds. The number of aromatic nitrogens is 2. The highest BCUT2D eigenvalue weighted by atomic mass is 16.4. The Morgan fingerprint density at radius 1 is 1.55 bits per heavy atom. The fourth-order valence-electron chi connectivity index (χ4n) is 2.78. The van der Waals surface area contributed by atoms with Gasteiger partial charge in [-0.2, -0.15) is 5.10 Å². The standard InChI is InChI=1S/C14H24N4O2/c1-10(2)16(3)8-11-5-6-13(14(19)20)18(11)12-7-15-17(4)9-12/h7,9-11,13H,5-6,8H2,1-4H3,(H,19,20)/t11-,13+/m0/s1. The Kier molecular flexibility index (Phi) is 4.32. The van der Waals surface area contributed by atoms with E-state index in [9.17, 15) is 9.90 Å². The van der Waals surface area contributed by atoms with Gasteiger partial charge in [-0.25, -0.2) is 4.79 Å². The number of carbonyl (C=O) groups is 1. The van der Waals surface area contributed by atoms with Crippen LogP contribution >= 0.6 is 0 Å². The summed E-state index contributed by atoms with van der Waals surface area (Å²) in [7, 11) is 3.94. The fourth-order valence-corrected chi connectivity index (χ4v) is 2.78. The summed E-state index contributed by atoms with van der Waals surface area (Å²) >= 11 is 0. The van der Waals surface area contributed by atoms with Gasteiger partial charge in [0.1, 0.15) is 6.04 Å². The van der Waals surface area contributed by atoms with E-state index in [4.69, 9.17) is 0 Å². The van der Waals surface area contributed by atoms with E-state index < -0.39 is 12.0 Å². The lowest BCUT2D eigenvalue weighted by Gasteiger charge is -2.33. The van der Waals surface area contributed by atoms with Crippen LogP contribution in [0.1, 0.15) is 26.7 Å². The third-order valence-electron chi connectivity index (χ3n) is 4.16. The van der Waals surface area contributed by atoms with Gasteiger partial charge in [-0.15, -0.1) is 0 Å². The largest absolute Gasteiger partial charge is 0.480 e. The summed E-state index contributed by atoms with van der Waals surface area (Å²) in [5.74, 6) is -0.747. The quantitative estimate of drug-likeness (QED) is 0.877. The molecule has 20 heavy (non-hydrogen) atoms. The van der Waals surface area contributed by atoms with Crippen LogP contribution in [0.5, 0.6) is 0 Å². The van der Waals surface area contributed by atoms with Gasteiger partial charge < -0.3 is 14.9 Å². The Hall–Kier alpha value is -1.56. The minimum atomic E-state index is -0.747. The van der Waals surface area contributed by atoms with Crippen molar-refractivity contribution in [3.8, 4) is 0 Å². The minimum absolute atomic E-state index is 0.229. The molecule has 112 valence electrons. The maximum atomic E-state index is 11.5. The van der Waals surface area contributed by atoms with Crippen molar-refractivity contribution in [3.05, 3.63) is 12.4 Å². The van der Waals surface area contributed by atoms with E-state index in [1.165, 1.54) is 0 Å². The molecule has 1 aliphatic heterocycles. The molecule has 2 rings (SSSR count). The summed E-state index contributed by atoms with van der Waals surface area (Å²) in [5.41, 5.74) is 0.902. The number of likely N-dealkylation sites (N-methyl/N-ethyl adjacent to an activating group) is 1. The molecular weight excluding hydrogens is 256 g/mol. The highest BCUT2D eigenvalue weighted by Gasteiger charge is 2.39. The predicted octanol–water partition coefficient (Wildman–Crippen LogP) is 1.18. The molecular formula is C14H24N4O2. The van der Waals surface area contributed by atoms with Gasteiger partial charge in [0.2, 0.25) is 0 Å². The van der Waals surface area contributed by atoms with Gasteiger partial charge in [0.15, 0.2) is 0 Å². The molecule has 0 spiro atoms. The van der Waals surface area contributed by atoms with Crippen molar-refractivity contribution in [3.63, 3.8) is 0 Å². The second kappa shape index (κ2) is 5.83. The molecule has 1 fully saturated rings.